The lowest BCUT2D eigenvalue weighted by Gasteiger charge is -2.31. The van der Waals surface area contributed by atoms with Gasteiger partial charge in [-0.25, -0.2) is 0 Å². The number of ether oxygens (including phenoxy) is 4. The SMILES string of the molecule is CCCOc1ccc(C(=O)NCc2cccc(OCCN(C)C3CCOCC3)c2)cc1OCC. The van der Waals surface area contributed by atoms with Crippen LogP contribution in [0.1, 0.15) is 49.0 Å². The first-order valence-electron chi connectivity index (χ1n) is 12.3. The van der Waals surface area contributed by atoms with Crippen LogP contribution < -0.4 is 19.5 Å². The Morgan fingerprint density at radius 1 is 1.03 bits per heavy atom. The fourth-order valence-electron chi connectivity index (χ4n) is 3.89. The zero-order valence-electron chi connectivity index (χ0n) is 20.7. The summed E-state index contributed by atoms with van der Waals surface area (Å²) in [6.07, 6.45) is 3.06. The van der Waals surface area contributed by atoms with Crippen LogP contribution in [0.4, 0.5) is 0 Å². The summed E-state index contributed by atoms with van der Waals surface area (Å²) in [6.45, 7) is 8.66. The van der Waals surface area contributed by atoms with Crippen LogP contribution in [0.2, 0.25) is 0 Å². The monoisotopic (exact) mass is 470 g/mol. The maximum absolute atomic E-state index is 12.7. The highest BCUT2D eigenvalue weighted by Gasteiger charge is 2.18. The Balaban J connectivity index is 1.49. The van der Waals surface area contributed by atoms with Crippen LogP contribution in [0.15, 0.2) is 42.5 Å². The zero-order valence-corrected chi connectivity index (χ0v) is 20.7. The fourth-order valence-corrected chi connectivity index (χ4v) is 3.89. The van der Waals surface area contributed by atoms with Crippen molar-refractivity contribution in [1.82, 2.24) is 10.2 Å². The summed E-state index contributed by atoms with van der Waals surface area (Å²) in [7, 11) is 2.14. The third kappa shape index (κ3) is 7.92. The molecule has 34 heavy (non-hydrogen) atoms. The molecule has 0 radical (unpaired) electrons. The smallest absolute Gasteiger partial charge is 0.251 e. The molecule has 0 aromatic heterocycles. The summed E-state index contributed by atoms with van der Waals surface area (Å²) >= 11 is 0. The number of nitrogens with zero attached hydrogens (tertiary/aromatic N) is 1. The fraction of sp³-hybridized carbons (Fsp3) is 0.519. The summed E-state index contributed by atoms with van der Waals surface area (Å²) in [4.78, 5) is 15.1. The molecule has 2 aromatic rings. The molecule has 1 aliphatic rings. The molecule has 7 heteroatoms. The van der Waals surface area contributed by atoms with Gasteiger partial charge in [0.25, 0.3) is 5.91 Å². The summed E-state index contributed by atoms with van der Waals surface area (Å²) in [5, 5.41) is 2.98. The molecular formula is C27H38N2O5. The van der Waals surface area contributed by atoms with E-state index in [9.17, 15) is 4.79 Å². The van der Waals surface area contributed by atoms with Crippen LogP contribution in [0.5, 0.6) is 17.2 Å². The second-order valence-corrected chi connectivity index (χ2v) is 8.45. The molecule has 1 aliphatic heterocycles. The number of nitrogens with one attached hydrogen (secondary N) is 1. The van der Waals surface area contributed by atoms with Crippen molar-refractivity contribution in [3.05, 3.63) is 53.6 Å². The van der Waals surface area contributed by atoms with Crippen molar-refractivity contribution >= 4 is 5.91 Å². The Bertz CT molecular complexity index is 898. The van der Waals surface area contributed by atoms with E-state index in [-0.39, 0.29) is 5.91 Å². The minimum absolute atomic E-state index is 0.160. The molecule has 0 unspecified atom stereocenters. The van der Waals surface area contributed by atoms with Gasteiger partial charge in [0.1, 0.15) is 12.4 Å². The van der Waals surface area contributed by atoms with Crippen molar-refractivity contribution < 1.29 is 23.7 Å². The second-order valence-electron chi connectivity index (χ2n) is 8.45. The Hall–Kier alpha value is -2.77. The first kappa shape index (κ1) is 25.8. The number of amides is 1. The quantitative estimate of drug-likeness (QED) is 0.471. The number of hydrogen-bond acceptors (Lipinski definition) is 6. The number of carbonyl (C=O) groups is 1. The van der Waals surface area contributed by atoms with Gasteiger partial charge < -0.3 is 24.3 Å². The highest BCUT2D eigenvalue weighted by atomic mass is 16.5. The average molecular weight is 471 g/mol. The minimum atomic E-state index is -0.160. The van der Waals surface area contributed by atoms with Gasteiger partial charge in [0.05, 0.1) is 13.2 Å². The number of benzene rings is 2. The number of carbonyl (C=O) groups excluding carboxylic acids is 1. The minimum Gasteiger partial charge on any atom is -0.492 e. The molecule has 0 bridgehead atoms. The maximum atomic E-state index is 12.7. The topological polar surface area (TPSA) is 69.3 Å². The molecule has 1 heterocycles. The molecule has 1 amide bonds. The second kappa shape index (κ2) is 13.8. The van der Waals surface area contributed by atoms with Gasteiger partial charge in [-0.15, -0.1) is 0 Å². The molecule has 3 rings (SSSR count). The zero-order chi connectivity index (χ0) is 24.2. The van der Waals surface area contributed by atoms with Gasteiger partial charge in [-0.3, -0.25) is 9.69 Å². The average Bonchev–Trinajstić information content (AvgIpc) is 2.87. The van der Waals surface area contributed by atoms with Gasteiger partial charge in [-0.2, -0.15) is 0 Å². The molecule has 1 saturated heterocycles. The van der Waals surface area contributed by atoms with E-state index in [2.05, 4.69) is 17.3 Å². The van der Waals surface area contributed by atoms with E-state index >= 15 is 0 Å². The Labute approximate surface area is 203 Å². The van der Waals surface area contributed by atoms with Gasteiger partial charge >= 0.3 is 0 Å². The van der Waals surface area contributed by atoms with Gasteiger partial charge in [0, 0.05) is 37.9 Å². The first-order chi connectivity index (χ1) is 16.6. The Morgan fingerprint density at radius 3 is 2.62 bits per heavy atom. The largest absolute Gasteiger partial charge is 0.492 e. The van der Waals surface area contributed by atoms with Gasteiger partial charge in [-0.05, 0) is 69.1 Å². The highest BCUT2D eigenvalue weighted by Crippen LogP contribution is 2.28. The van der Waals surface area contributed by atoms with Crippen molar-refractivity contribution in [2.45, 2.75) is 45.7 Å². The predicted octanol–water partition coefficient (Wildman–Crippen LogP) is 4.29. The molecule has 0 atom stereocenters. The molecule has 1 N–H and O–H groups in total. The summed E-state index contributed by atoms with van der Waals surface area (Å²) in [5.74, 6) is 1.90. The van der Waals surface area contributed by atoms with Crippen molar-refractivity contribution in [3.63, 3.8) is 0 Å². The lowest BCUT2D eigenvalue weighted by Crippen LogP contribution is -2.38. The van der Waals surface area contributed by atoms with Crippen LogP contribution in [-0.4, -0.2) is 63.5 Å². The molecule has 7 nitrogen and oxygen atoms in total. The van der Waals surface area contributed by atoms with Crippen LogP contribution in [0.3, 0.4) is 0 Å². The first-order valence-corrected chi connectivity index (χ1v) is 12.3. The number of likely N-dealkylation sites (N-methyl/N-ethyl adjacent to an activating group) is 1. The van der Waals surface area contributed by atoms with Crippen LogP contribution in [0, 0.1) is 0 Å². The predicted molar refractivity (Wildman–Crippen MR) is 133 cm³/mol. The molecule has 186 valence electrons. The van der Waals surface area contributed by atoms with E-state index in [1.807, 2.05) is 38.1 Å². The molecule has 1 fully saturated rings. The number of rotatable bonds is 13. The maximum Gasteiger partial charge on any atom is 0.251 e. The van der Waals surface area contributed by atoms with Crippen molar-refractivity contribution in [2.24, 2.45) is 0 Å². The Kier molecular flexibility index (Phi) is 10.5. The molecular weight excluding hydrogens is 432 g/mol. The summed E-state index contributed by atoms with van der Waals surface area (Å²) in [6, 6.07) is 13.7. The van der Waals surface area contributed by atoms with E-state index in [0.717, 1.165) is 50.3 Å². The number of hydrogen-bond donors (Lipinski definition) is 1. The normalized spacial score (nSPS) is 14.1. The van der Waals surface area contributed by atoms with Crippen LogP contribution in [-0.2, 0) is 11.3 Å². The molecule has 2 aromatic carbocycles. The summed E-state index contributed by atoms with van der Waals surface area (Å²) in [5.41, 5.74) is 1.52. The van der Waals surface area contributed by atoms with Gasteiger partial charge in [-0.1, -0.05) is 19.1 Å². The van der Waals surface area contributed by atoms with Crippen molar-refractivity contribution in [3.8, 4) is 17.2 Å². The van der Waals surface area contributed by atoms with Crippen LogP contribution in [0.25, 0.3) is 0 Å². The third-order valence-electron chi connectivity index (χ3n) is 5.85. The van der Waals surface area contributed by atoms with E-state index in [4.69, 9.17) is 18.9 Å². The third-order valence-corrected chi connectivity index (χ3v) is 5.85. The molecule has 0 saturated carbocycles. The Morgan fingerprint density at radius 2 is 1.85 bits per heavy atom. The van der Waals surface area contributed by atoms with Gasteiger partial charge in [0.15, 0.2) is 11.5 Å². The lowest BCUT2D eigenvalue weighted by molar-refractivity contribution is 0.0392. The van der Waals surface area contributed by atoms with Crippen molar-refractivity contribution in [2.75, 3.05) is 46.6 Å². The van der Waals surface area contributed by atoms with E-state index < -0.39 is 0 Å². The van der Waals surface area contributed by atoms with Crippen LogP contribution >= 0.6 is 0 Å². The standard InChI is InChI=1S/C27H38N2O5/c1-4-14-34-25-10-9-22(19-26(25)32-5-2)27(30)28-20-21-7-6-8-24(18-21)33-17-13-29(3)23-11-15-31-16-12-23/h6-10,18-19,23H,4-5,11-17,20H2,1-3H3,(H,28,30). The van der Waals surface area contributed by atoms with E-state index in [1.54, 1.807) is 18.2 Å². The van der Waals surface area contributed by atoms with E-state index in [1.165, 1.54) is 0 Å². The molecule has 0 spiro atoms. The lowest BCUT2D eigenvalue weighted by atomic mass is 10.1. The summed E-state index contributed by atoms with van der Waals surface area (Å²) < 4.78 is 22.8. The molecule has 0 aliphatic carbocycles. The van der Waals surface area contributed by atoms with Crippen molar-refractivity contribution in [1.29, 1.82) is 0 Å². The van der Waals surface area contributed by atoms with E-state index in [0.29, 0.717) is 49.5 Å². The van der Waals surface area contributed by atoms with Gasteiger partial charge in [0.2, 0.25) is 0 Å². The highest BCUT2D eigenvalue weighted by molar-refractivity contribution is 5.94.